The maximum atomic E-state index is 10.7. The summed E-state index contributed by atoms with van der Waals surface area (Å²) in [6, 6.07) is 0. The van der Waals surface area contributed by atoms with Crippen LogP contribution in [-0.4, -0.2) is 18.6 Å². The van der Waals surface area contributed by atoms with Crippen molar-refractivity contribution in [3.05, 3.63) is 11.6 Å². The zero-order valence-electron chi connectivity index (χ0n) is 8.79. The molecule has 80 valence electrons. The van der Waals surface area contributed by atoms with Gasteiger partial charge < -0.3 is 10.5 Å². The van der Waals surface area contributed by atoms with Gasteiger partial charge in [0.05, 0.1) is 12.7 Å². The number of amides is 1. The molecular weight excluding hydrogens is 178 g/mol. The van der Waals surface area contributed by atoms with Crippen LogP contribution in [-0.2, 0) is 9.53 Å². The fourth-order valence-corrected chi connectivity index (χ4v) is 1.64. The van der Waals surface area contributed by atoms with Gasteiger partial charge in [-0.15, -0.1) is 0 Å². The van der Waals surface area contributed by atoms with Gasteiger partial charge in [0.25, 0.3) is 0 Å². The second-order valence-corrected chi connectivity index (χ2v) is 3.84. The van der Waals surface area contributed by atoms with Crippen molar-refractivity contribution in [1.82, 2.24) is 0 Å². The minimum atomic E-state index is -0.364. The molecule has 1 aliphatic rings. The first kappa shape index (κ1) is 11.2. The second kappa shape index (κ2) is 5.81. The van der Waals surface area contributed by atoms with E-state index in [1.807, 2.05) is 0 Å². The molecule has 1 aliphatic carbocycles. The van der Waals surface area contributed by atoms with Crippen LogP contribution in [0.4, 0.5) is 0 Å². The molecule has 0 radical (unpaired) electrons. The number of hydrogen-bond acceptors (Lipinski definition) is 2. The highest BCUT2D eigenvalue weighted by Gasteiger charge is 2.12. The molecular formula is C11H19NO2. The number of carbonyl (C=O) groups is 1. The van der Waals surface area contributed by atoms with Crippen LogP contribution >= 0.6 is 0 Å². The third-order valence-electron chi connectivity index (χ3n) is 2.66. The molecule has 0 aromatic heterocycles. The summed E-state index contributed by atoms with van der Waals surface area (Å²) < 4.78 is 5.62. The Morgan fingerprint density at radius 1 is 1.43 bits per heavy atom. The van der Waals surface area contributed by atoms with Gasteiger partial charge in [0.1, 0.15) is 0 Å². The molecule has 0 bridgehead atoms. The predicted molar refractivity (Wildman–Crippen MR) is 55.8 cm³/mol. The Balaban J connectivity index is 2.19. The number of hydrogen-bond donors (Lipinski definition) is 1. The lowest BCUT2D eigenvalue weighted by Crippen LogP contribution is -2.17. The fourth-order valence-electron chi connectivity index (χ4n) is 1.64. The smallest absolute Gasteiger partial charge is 0.244 e. The van der Waals surface area contributed by atoms with E-state index in [-0.39, 0.29) is 5.91 Å². The van der Waals surface area contributed by atoms with E-state index in [9.17, 15) is 4.79 Å². The normalized spacial score (nSPS) is 19.6. The van der Waals surface area contributed by atoms with Crippen LogP contribution in [0.15, 0.2) is 11.6 Å². The van der Waals surface area contributed by atoms with Gasteiger partial charge in [-0.2, -0.15) is 0 Å². The van der Waals surface area contributed by atoms with Crippen LogP contribution in [0.1, 0.15) is 39.0 Å². The number of nitrogens with two attached hydrogens (primary N) is 1. The van der Waals surface area contributed by atoms with Gasteiger partial charge in [0.2, 0.25) is 5.91 Å². The van der Waals surface area contributed by atoms with Crippen molar-refractivity contribution in [2.45, 2.75) is 45.1 Å². The summed E-state index contributed by atoms with van der Waals surface area (Å²) in [6.07, 6.45) is 8.33. The van der Waals surface area contributed by atoms with E-state index in [1.54, 1.807) is 13.0 Å². The Morgan fingerprint density at radius 3 is 2.64 bits per heavy atom. The highest BCUT2D eigenvalue weighted by Crippen LogP contribution is 2.20. The summed E-state index contributed by atoms with van der Waals surface area (Å²) in [5, 5.41) is 0. The van der Waals surface area contributed by atoms with Crippen molar-refractivity contribution in [2.24, 2.45) is 5.73 Å². The van der Waals surface area contributed by atoms with Crippen LogP contribution in [0.2, 0.25) is 0 Å². The Kier molecular flexibility index (Phi) is 4.66. The van der Waals surface area contributed by atoms with Crippen molar-refractivity contribution < 1.29 is 9.53 Å². The highest BCUT2D eigenvalue weighted by molar-refractivity contribution is 5.91. The summed E-state index contributed by atoms with van der Waals surface area (Å²) >= 11 is 0. The largest absolute Gasteiger partial charge is 0.374 e. The first-order chi connectivity index (χ1) is 6.70. The summed E-state index contributed by atoms with van der Waals surface area (Å²) in [5.74, 6) is -0.364. The maximum Gasteiger partial charge on any atom is 0.244 e. The molecule has 0 atom stereocenters. The van der Waals surface area contributed by atoms with E-state index in [2.05, 4.69) is 0 Å². The molecule has 1 saturated carbocycles. The lowest BCUT2D eigenvalue weighted by atomic mass is 9.98. The van der Waals surface area contributed by atoms with Crippen LogP contribution in [0.25, 0.3) is 0 Å². The van der Waals surface area contributed by atoms with E-state index in [1.165, 1.54) is 19.3 Å². The monoisotopic (exact) mass is 197 g/mol. The number of primary amides is 1. The number of ether oxygens (including phenoxy) is 1. The number of rotatable bonds is 4. The SMILES string of the molecule is CC(=CCOC1CCCCC1)C(N)=O. The molecule has 0 unspecified atom stereocenters. The molecule has 0 saturated heterocycles. The molecule has 1 rings (SSSR count). The molecule has 0 aromatic carbocycles. The van der Waals surface area contributed by atoms with E-state index in [4.69, 9.17) is 10.5 Å². The summed E-state index contributed by atoms with van der Waals surface area (Å²) in [5.41, 5.74) is 5.68. The molecule has 2 N–H and O–H groups in total. The van der Waals surface area contributed by atoms with Gasteiger partial charge in [0, 0.05) is 5.57 Å². The average Bonchev–Trinajstić information content (AvgIpc) is 2.19. The van der Waals surface area contributed by atoms with Crippen molar-refractivity contribution >= 4 is 5.91 Å². The van der Waals surface area contributed by atoms with Gasteiger partial charge in [-0.1, -0.05) is 25.3 Å². The van der Waals surface area contributed by atoms with Crippen molar-refractivity contribution in [1.29, 1.82) is 0 Å². The predicted octanol–water partition coefficient (Wildman–Crippen LogP) is 1.77. The van der Waals surface area contributed by atoms with Crippen molar-refractivity contribution in [3.8, 4) is 0 Å². The summed E-state index contributed by atoms with van der Waals surface area (Å²) in [4.78, 5) is 10.7. The second-order valence-electron chi connectivity index (χ2n) is 3.84. The minimum Gasteiger partial charge on any atom is -0.374 e. The fraction of sp³-hybridized carbons (Fsp3) is 0.727. The maximum absolute atomic E-state index is 10.7. The Bertz CT molecular complexity index is 217. The molecule has 3 nitrogen and oxygen atoms in total. The van der Waals surface area contributed by atoms with Gasteiger partial charge >= 0.3 is 0 Å². The molecule has 0 aromatic rings. The zero-order valence-corrected chi connectivity index (χ0v) is 8.79. The molecule has 1 fully saturated rings. The Hall–Kier alpha value is -0.830. The topological polar surface area (TPSA) is 52.3 Å². The highest BCUT2D eigenvalue weighted by atomic mass is 16.5. The quantitative estimate of drug-likeness (QED) is 0.698. The van der Waals surface area contributed by atoms with Gasteiger partial charge in [-0.3, -0.25) is 4.79 Å². The first-order valence-corrected chi connectivity index (χ1v) is 5.28. The van der Waals surface area contributed by atoms with Crippen LogP contribution in [0.5, 0.6) is 0 Å². The summed E-state index contributed by atoms with van der Waals surface area (Å²) in [6.45, 7) is 2.23. The molecule has 0 spiro atoms. The summed E-state index contributed by atoms with van der Waals surface area (Å²) in [7, 11) is 0. The minimum absolute atomic E-state index is 0.364. The van der Waals surface area contributed by atoms with E-state index >= 15 is 0 Å². The third kappa shape index (κ3) is 3.92. The average molecular weight is 197 g/mol. The molecule has 3 heteroatoms. The standard InChI is InChI=1S/C11H19NO2/c1-9(11(12)13)7-8-14-10-5-3-2-4-6-10/h7,10H,2-6,8H2,1H3,(H2,12,13). The van der Waals surface area contributed by atoms with Crippen molar-refractivity contribution in [3.63, 3.8) is 0 Å². The van der Waals surface area contributed by atoms with E-state index in [0.717, 1.165) is 12.8 Å². The van der Waals surface area contributed by atoms with E-state index < -0.39 is 0 Å². The molecule has 0 heterocycles. The molecule has 0 aliphatic heterocycles. The van der Waals surface area contributed by atoms with Gasteiger partial charge in [-0.25, -0.2) is 0 Å². The first-order valence-electron chi connectivity index (χ1n) is 5.28. The molecule has 14 heavy (non-hydrogen) atoms. The Morgan fingerprint density at radius 2 is 2.07 bits per heavy atom. The van der Waals surface area contributed by atoms with Gasteiger partial charge in [-0.05, 0) is 19.8 Å². The zero-order chi connectivity index (χ0) is 10.4. The van der Waals surface area contributed by atoms with Crippen LogP contribution in [0, 0.1) is 0 Å². The van der Waals surface area contributed by atoms with Gasteiger partial charge in [0.15, 0.2) is 0 Å². The lowest BCUT2D eigenvalue weighted by Gasteiger charge is -2.21. The van der Waals surface area contributed by atoms with Crippen LogP contribution in [0.3, 0.4) is 0 Å². The van der Waals surface area contributed by atoms with E-state index in [0.29, 0.717) is 18.3 Å². The van der Waals surface area contributed by atoms with Crippen LogP contribution < -0.4 is 5.73 Å². The lowest BCUT2D eigenvalue weighted by molar-refractivity contribution is -0.114. The Labute approximate surface area is 85.3 Å². The van der Waals surface area contributed by atoms with Crippen molar-refractivity contribution in [2.75, 3.05) is 6.61 Å². The third-order valence-corrected chi connectivity index (χ3v) is 2.66. The molecule has 1 amide bonds. The number of carbonyl (C=O) groups excluding carboxylic acids is 1.